The van der Waals surface area contributed by atoms with E-state index in [4.69, 9.17) is 15.2 Å². The average Bonchev–Trinajstić information content (AvgIpc) is 2.24. The normalized spacial score (nSPS) is 16.6. The topological polar surface area (TPSA) is 61.5 Å². The lowest BCUT2D eigenvalue weighted by molar-refractivity contribution is -0.162. The van der Waals surface area contributed by atoms with Crippen molar-refractivity contribution < 1.29 is 14.3 Å². The third-order valence-corrected chi connectivity index (χ3v) is 2.62. The van der Waals surface area contributed by atoms with Gasteiger partial charge in [-0.15, -0.1) is 0 Å². The average molecular weight is 245 g/mol. The van der Waals surface area contributed by atoms with E-state index < -0.39 is 6.04 Å². The minimum absolute atomic E-state index is 0.0933. The quantitative estimate of drug-likeness (QED) is 0.525. The summed E-state index contributed by atoms with van der Waals surface area (Å²) < 4.78 is 11.0. The highest BCUT2D eigenvalue weighted by Gasteiger charge is 2.26. The van der Waals surface area contributed by atoms with Crippen LogP contribution in [0.5, 0.6) is 0 Å². The number of hydrogen-bond acceptors (Lipinski definition) is 4. The Morgan fingerprint density at radius 1 is 1.24 bits per heavy atom. The highest BCUT2D eigenvalue weighted by atomic mass is 16.6. The van der Waals surface area contributed by atoms with Crippen LogP contribution in [-0.2, 0) is 14.3 Å². The van der Waals surface area contributed by atoms with Gasteiger partial charge in [-0.3, -0.25) is 4.79 Å². The van der Waals surface area contributed by atoms with Gasteiger partial charge in [0.1, 0.15) is 12.1 Å². The largest absolute Gasteiger partial charge is 0.458 e. The molecule has 3 atom stereocenters. The van der Waals surface area contributed by atoms with Gasteiger partial charge in [-0.1, -0.05) is 27.2 Å². The first kappa shape index (κ1) is 16.4. The van der Waals surface area contributed by atoms with E-state index in [-0.39, 0.29) is 24.1 Å². The molecule has 0 aromatic heterocycles. The van der Waals surface area contributed by atoms with E-state index in [9.17, 15) is 4.79 Å². The Hall–Kier alpha value is -0.610. The fourth-order valence-electron chi connectivity index (χ4n) is 1.52. The first-order chi connectivity index (χ1) is 7.90. The van der Waals surface area contributed by atoms with E-state index in [0.717, 1.165) is 12.8 Å². The van der Waals surface area contributed by atoms with Gasteiger partial charge in [-0.25, -0.2) is 0 Å². The Morgan fingerprint density at radius 3 is 2.24 bits per heavy atom. The molecule has 0 spiro atoms. The van der Waals surface area contributed by atoms with E-state index in [1.165, 1.54) is 0 Å². The molecule has 0 rings (SSSR count). The van der Waals surface area contributed by atoms with Crippen molar-refractivity contribution in [2.24, 2.45) is 11.7 Å². The number of esters is 1. The van der Waals surface area contributed by atoms with Gasteiger partial charge in [0.05, 0.1) is 6.10 Å². The van der Waals surface area contributed by atoms with Crippen LogP contribution in [0, 0.1) is 5.92 Å². The molecule has 17 heavy (non-hydrogen) atoms. The minimum Gasteiger partial charge on any atom is -0.458 e. The van der Waals surface area contributed by atoms with Crippen molar-refractivity contribution in [3.63, 3.8) is 0 Å². The standard InChI is InChI=1S/C13H27NO3/c1-6-7-8-16-11(5)12(9(2)3)17-13(15)10(4)14/h9-12H,6-8,14H2,1-5H3/t10-,11-,12+/m0/s1. The van der Waals surface area contributed by atoms with Crippen LogP contribution in [0.2, 0.25) is 0 Å². The van der Waals surface area contributed by atoms with Crippen molar-refractivity contribution in [3.8, 4) is 0 Å². The van der Waals surface area contributed by atoms with Crippen molar-refractivity contribution in [1.82, 2.24) is 0 Å². The Morgan fingerprint density at radius 2 is 1.82 bits per heavy atom. The van der Waals surface area contributed by atoms with E-state index >= 15 is 0 Å². The predicted molar refractivity (Wildman–Crippen MR) is 68.7 cm³/mol. The number of unbranched alkanes of at least 4 members (excludes halogenated alkanes) is 1. The second kappa shape index (κ2) is 8.48. The maximum atomic E-state index is 11.5. The molecular weight excluding hydrogens is 218 g/mol. The summed E-state index contributed by atoms with van der Waals surface area (Å²) in [4.78, 5) is 11.5. The predicted octanol–water partition coefficient (Wildman–Crippen LogP) is 2.11. The van der Waals surface area contributed by atoms with E-state index in [0.29, 0.717) is 6.61 Å². The summed E-state index contributed by atoms with van der Waals surface area (Å²) in [6.45, 7) is 10.4. The zero-order chi connectivity index (χ0) is 13.4. The van der Waals surface area contributed by atoms with Crippen LogP contribution in [0.1, 0.15) is 47.5 Å². The van der Waals surface area contributed by atoms with Crippen LogP contribution in [0.3, 0.4) is 0 Å². The molecule has 0 aliphatic heterocycles. The molecule has 0 unspecified atom stereocenters. The highest BCUT2D eigenvalue weighted by molar-refractivity contribution is 5.75. The molecule has 102 valence electrons. The molecule has 0 bridgehead atoms. The molecule has 0 heterocycles. The van der Waals surface area contributed by atoms with Gasteiger partial charge in [0.15, 0.2) is 0 Å². The van der Waals surface area contributed by atoms with E-state index in [2.05, 4.69) is 6.92 Å². The maximum absolute atomic E-state index is 11.5. The summed E-state index contributed by atoms with van der Waals surface area (Å²) in [5.41, 5.74) is 5.49. The van der Waals surface area contributed by atoms with Gasteiger partial charge in [-0.2, -0.15) is 0 Å². The van der Waals surface area contributed by atoms with Crippen molar-refractivity contribution in [2.75, 3.05) is 6.61 Å². The molecule has 0 fully saturated rings. The highest BCUT2D eigenvalue weighted by Crippen LogP contribution is 2.15. The molecule has 4 heteroatoms. The zero-order valence-corrected chi connectivity index (χ0v) is 11.7. The van der Waals surface area contributed by atoms with Crippen LogP contribution in [0.4, 0.5) is 0 Å². The third kappa shape index (κ3) is 6.64. The van der Waals surface area contributed by atoms with Crippen LogP contribution in [-0.4, -0.2) is 30.8 Å². The van der Waals surface area contributed by atoms with Gasteiger partial charge in [0, 0.05) is 6.61 Å². The van der Waals surface area contributed by atoms with E-state index in [1.54, 1.807) is 6.92 Å². The molecule has 0 radical (unpaired) electrons. The Kier molecular flexibility index (Phi) is 8.17. The van der Waals surface area contributed by atoms with Crippen LogP contribution in [0.15, 0.2) is 0 Å². The smallest absolute Gasteiger partial charge is 0.322 e. The minimum atomic E-state index is -0.584. The summed E-state index contributed by atoms with van der Waals surface area (Å²) in [6.07, 6.45) is 1.80. The van der Waals surface area contributed by atoms with Crippen LogP contribution >= 0.6 is 0 Å². The molecule has 0 aliphatic carbocycles. The van der Waals surface area contributed by atoms with Gasteiger partial charge >= 0.3 is 5.97 Å². The second-order valence-electron chi connectivity index (χ2n) is 4.86. The van der Waals surface area contributed by atoms with Crippen molar-refractivity contribution in [1.29, 1.82) is 0 Å². The summed E-state index contributed by atoms with van der Waals surface area (Å²) in [5.74, 6) is -0.149. The molecular formula is C13H27NO3. The fourth-order valence-corrected chi connectivity index (χ4v) is 1.52. The van der Waals surface area contributed by atoms with Gasteiger partial charge in [0.2, 0.25) is 0 Å². The summed E-state index contributed by atoms with van der Waals surface area (Å²) >= 11 is 0. The van der Waals surface area contributed by atoms with Gasteiger partial charge in [0.25, 0.3) is 0 Å². The first-order valence-corrected chi connectivity index (χ1v) is 6.47. The van der Waals surface area contributed by atoms with E-state index in [1.807, 2.05) is 20.8 Å². The molecule has 0 saturated carbocycles. The van der Waals surface area contributed by atoms with Crippen LogP contribution < -0.4 is 5.73 Å². The molecule has 0 aromatic rings. The first-order valence-electron chi connectivity index (χ1n) is 6.47. The summed E-state index contributed by atoms with van der Waals surface area (Å²) in [6, 6.07) is -0.584. The number of carbonyl (C=O) groups excluding carboxylic acids is 1. The Bertz CT molecular complexity index is 217. The Labute approximate surface area is 105 Å². The van der Waals surface area contributed by atoms with Crippen LogP contribution in [0.25, 0.3) is 0 Å². The lowest BCUT2D eigenvalue weighted by Crippen LogP contribution is -2.40. The number of ether oxygens (including phenoxy) is 2. The monoisotopic (exact) mass is 245 g/mol. The zero-order valence-electron chi connectivity index (χ0n) is 11.7. The maximum Gasteiger partial charge on any atom is 0.322 e. The molecule has 4 nitrogen and oxygen atoms in total. The van der Waals surface area contributed by atoms with Crippen molar-refractivity contribution in [2.45, 2.75) is 65.7 Å². The fraction of sp³-hybridized carbons (Fsp3) is 0.923. The number of rotatable bonds is 8. The molecule has 2 N–H and O–H groups in total. The number of carbonyl (C=O) groups is 1. The molecule has 0 amide bonds. The summed E-state index contributed by atoms with van der Waals surface area (Å²) in [7, 11) is 0. The van der Waals surface area contributed by atoms with Crippen molar-refractivity contribution >= 4 is 5.97 Å². The SMILES string of the molecule is CCCCO[C@@H](C)[C@H](OC(=O)[C@H](C)N)C(C)C. The second-order valence-corrected chi connectivity index (χ2v) is 4.86. The van der Waals surface area contributed by atoms with Crippen molar-refractivity contribution in [3.05, 3.63) is 0 Å². The lowest BCUT2D eigenvalue weighted by Gasteiger charge is -2.28. The van der Waals surface area contributed by atoms with Gasteiger partial charge < -0.3 is 15.2 Å². The lowest BCUT2D eigenvalue weighted by atomic mass is 10.0. The molecule has 0 aromatic carbocycles. The third-order valence-electron chi connectivity index (χ3n) is 2.62. The number of hydrogen-bond donors (Lipinski definition) is 1. The molecule has 0 saturated heterocycles. The van der Waals surface area contributed by atoms with Gasteiger partial charge in [-0.05, 0) is 26.2 Å². The number of nitrogens with two attached hydrogens (primary N) is 1. The Balaban J connectivity index is 4.26. The summed E-state index contributed by atoms with van der Waals surface area (Å²) in [5, 5.41) is 0. The molecule has 0 aliphatic rings.